The molecule has 0 unspecified atom stereocenters. The third-order valence-corrected chi connectivity index (χ3v) is 4.96. The highest BCUT2D eigenvalue weighted by Crippen LogP contribution is 2.18. The molecule has 1 heterocycles. The largest absolute Gasteiger partial charge is 0.494 e. The number of amides is 1. The summed E-state index contributed by atoms with van der Waals surface area (Å²) in [5, 5.41) is 0. The average Bonchev–Trinajstić information content (AvgIpc) is 3.05. The first-order valence-corrected chi connectivity index (χ1v) is 10.1. The Labute approximate surface area is 172 Å². The molecule has 0 radical (unpaired) electrons. The Hall–Kier alpha value is -3.13. The highest BCUT2D eigenvalue weighted by molar-refractivity contribution is 7.16. The van der Waals surface area contributed by atoms with Crippen LogP contribution in [0.5, 0.6) is 11.5 Å². The van der Waals surface area contributed by atoms with Crippen molar-refractivity contribution in [2.75, 3.05) is 19.8 Å². The van der Waals surface area contributed by atoms with E-state index in [9.17, 15) is 9.59 Å². The molecular formula is C21H22N2O5S. The number of hydrogen-bond acceptors (Lipinski definition) is 6. The number of para-hydroxylation sites is 1. The standard InChI is InChI=1S/C21H22N2O5S/c1-3-26-15-9-11-16(12-10-15)28-14-19(24)22-21-23(13-20(25)27-4-2)17-7-5-6-8-18(17)29-21/h5-12H,3-4,13-14H2,1-2H3. The molecule has 0 saturated heterocycles. The molecule has 3 aromatic rings. The van der Waals surface area contributed by atoms with Gasteiger partial charge in [-0.2, -0.15) is 4.99 Å². The number of aromatic nitrogens is 1. The van der Waals surface area contributed by atoms with Gasteiger partial charge < -0.3 is 18.8 Å². The Bertz CT molecular complexity index is 1050. The monoisotopic (exact) mass is 414 g/mol. The number of carbonyl (C=O) groups excluding carboxylic acids is 2. The van der Waals surface area contributed by atoms with Gasteiger partial charge in [-0.05, 0) is 50.2 Å². The predicted molar refractivity (Wildman–Crippen MR) is 110 cm³/mol. The number of ether oxygens (including phenoxy) is 3. The van der Waals surface area contributed by atoms with E-state index in [1.165, 1.54) is 11.3 Å². The minimum atomic E-state index is -0.442. The van der Waals surface area contributed by atoms with E-state index in [0.717, 1.165) is 16.0 Å². The van der Waals surface area contributed by atoms with Crippen LogP contribution in [0.15, 0.2) is 53.5 Å². The van der Waals surface area contributed by atoms with Gasteiger partial charge in [0.05, 0.1) is 23.4 Å². The molecular weight excluding hydrogens is 392 g/mol. The summed E-state index contributed by atoms with van der Waals surface area (Å²) in [6.45, 7) is 4.32. The summed E-state index contributed by atoms with van der Waals surface area (Å²) in [6.07, 6.45) is 0. The Balaban J connectivity index is 1.77. The second-order valence-corrected chi connectivity index (χ2v) is 6.95. The molecule has 0 aliphatic carbocycles. The van der Waals surface area contributed by atoms with E-state index in [0.29, 0.717) is 23.8 Å². The fourth-order valence-corrected chi connectivity index (χ4v) is 3.72. The molecule has 7 nitrogen and oxygen atoms in total. The third kappa shape index (κ3) is 5.45. The molecule has 0 aliphatic rings. The zero-order valence-electron chi connectivity index (χ0n) is 16.3. The smallest absolute Gasteiger partial charge is 0.326 e. The predicted octanol–water partition coefficient (Wildman–Crippen LogP) is 3.17. The van der Waals surface area contributed by atoms with Crippen LogP contribution in [0.25, 0.3) is 10.2 Å². The van der Waals surface area contributed by atoms with Crippen LogP contribution < -0.4 is 14.3 Å². The second-order valence-electron chi connectivity index (χ2n) is 5.94. The Morgan fingerprint density at radius 3 is 2.34 bits per heavy atom. The van der Waals surface area contributed by atoms with Crippen molar-refractivity contribution in [3.63, 3.8) is 0 Å². The van der Waals surface area contributed by atoms with E-state index in [-0.39, 0.29) is 19.1 Å². The second kappa shape index (κ2) is 9.88. The molecule has 3 rings (SSSR count). The van der Waals surface area contributed by atoms with E-state index in [2.05, 4.69) is 4.99 Å². The van der Waals surface area contributed by atoms with Crippen molar-refractivity contribution in [1.82, 2.24) is 4.57 Å². The average molecular weight is 414 g/mol. The lowest BCUT2D eigenvalue weighted by Crippen LogP contribution is -2.24. The van der Waals surface area contributed by atoms with Crippen molar-refractivity contribution in [1.29, 1.82) is 0 Å². The van der Waals surface area contributed by atoms with Crippen LogP contribution in [-0.2, 0) is 20.9 Å². The van der Waals surface area contributed by atoms with Gasteiger partial charge in [0.25, 0.3) is 5.91 Å². The lowest BCUT2D eigenvalue weighted by Gasteiger charge is -2.06. The molecule has 0 aliphatic heterocycles. The van der Waals surface area contributed by atoms with Gasteiger partial charge in [0.2, 0.25) is 0 Å². The van der Waals surface area contributed by atoms with Gasteiger partial charge in [0, 0.05) is 0 Å². The van der Waals surface area contributed by atoms with Crippen LogP contribution in [0.2, 0.25) is 0 Å². The van der Waals surface area contributed by atoms with Crippen LogP contribution in [0.3, 0.4) is 0 Å². The van der Waals surface area contributed by atoms with Crippen molar-refractivity contribution < 1.29 is 23.8 Å². The minimum Gasteiger partial charge on any atom is -0.494 e. The van der Waals surface area contributed by atoms with Crippen molar-refractivity contribution >= 4 is 33.4 Å². The zero-order chi connectivity index (χ0) is 20.6. The van der Waals surface area contributed by atoms with E-state index in [1.807, 2.05) is 31.2 Å². The lowest BCUT2D eigenvalue weighted by molar-refractivity contribution is -0.143. The van der Waals surface area contributed by atoms with Crippen molar-refractivity contribution in [3.8, 4) is 11.5 Å². The molecule has 0 saturated carbocycles. The summed E-state index contributed by atoms with van der Waals surface area (Å²) in [5.41, 5.74) is 0.824. The number of esters is 1. The third-order valence-electron chi connectivity index (χ3n) is 3.90. The van der Waals surface area contributed by atoms with E-state index in [1.54, 1.807) is 35.8 Å². The minimum absolute atomic E-state index is 0.0102. The number of carbonyl (C=O) groups is 2. The molecule has 0 N–H and O–H groups in total. The van der Waals surface area contributed by atoms with Gasteiger partial charge >= 0.3 is 5.97 Å². The Kier molecular flexibility index (Phi) is 7.02. The summed E-state index contributed by atoms with van der Waals surface area (Å²) in [5.74, 6) is 0.465. The molecule has 0 spiro atoms. The van der Waals surface area contributed by atoms with Gasteiger partial charge in [-0.25, -0.2) is 0 Å². The summed E-state index contributed by atoms with van der Waals surface area (Å²) in [7, 11) is 0. The quantitative estimate of drug-likeness (QED) is 0.529. The van der Waals surface area contributed by atoms with Crippen molar-refractivity contribution in [2.45, 2.75) is 20.4 Å². The van der Waals surface area contributed by atoms with Gasteiger partial charge in [-0.15, -0.1) is 0 Å². The van der Waals surface area contributed by atoms with Crippen molar-refractivity contribution in [2.24, 2.45) is 4.99 Å². The van der Waals surface area contributed by atoms with Crippen LogP contribution in [0.4, 0.5) is 0 Å². The molecule has 1 aromatic heterocycles. The number of thiazole rings is 1. The van der Waals surface area contributed by atoms with Gasteiger partial charge in [-0.3, -0.25) is 9.59 Å². The highest BCUT2D eigenvalue weighted by Gasteiger charge is 2.12. The van der Waals surface area contributed by atoms with E-state index in [4.69, 9.17) is 14.2 Å². The fraction of sp³-hybridized carbons (Fsp3) is 0.286. The first-order valence-electron chi connectivity index (χ1n) is 9.28. The summed E-state index contributed by atoms with van der Waals surface area (Å²) >= 11 is 1.34. The fourth-order valence-electron chi connectivity index (χ4n) is 2.68. The number of nitrogens with zero attached hydrogens (tertiary/aromatic N) is 2. The number of benzene rings is 2. The number of hydrogen-bond donors (Lipinski definition) is 0. The Morgan fingerprint density at radius 1 is 0.966 bits per heavy atom. The summed E-state index contributed by atoms with van der Waals surface area (Å²) in [6, 6.07) is 14.6. The van der Waals surface area contributed by atoms with E-state index < -0.39 is 5.91 Å². The maximum absolute atomic E-state index is 12.4. The zero-order valence-corrected chi connectivity index (χ0v) is 17.1. The molecule has 1 amide bonds. The normalized spacial score (nSPS) is 11.4. The topological polar surface area (TPSA) is 79.1 Å². The number of fused-ring (bicyclic) bond motifs is 1. The van der Waals surface area contributed by atoms with Crippen LogP contribution in [0, 0.1) is 0 Å². The lowest BCUT2D eigenvalue weighted by atomic mass is 10.3. The maximum Gasteiger partial charge on any atom is 0.326 e. The van der Waals surface area contributed by atoms with Crippen LogP contribution in [-0.4, -0.2) is 36.3 Å². The summed E-state index contributed by atoms with van der Waals surface area (Å²) < 4.78 is 18.5. The molecule has 0 fully saturated rings. The molecule has 152 valence electrons. The SMILES string of the molecule is CCOC(=O)Cn1c(=NC(=O)COc2ccc(OCC)cc2)sc2ccccc21. The van der Waals surface area contributed by atoms with E-state index >= 15 is 0 Å². The maximum atomic E-state index is 12.4. The van der Waals surface area contributed by atoms with Crippen LogP contribution in [0.1, 0.15) is 13.8 Å². The van der Waals surface area contributed by atoms with Crippen LogP contribution >= 0.6 is 11.3 Å². The molecule has 2 aromatic carbocycles. The highest BCUT2D eigenvalue weighted by atomic mass is 32.1. The molecule has 8 heteroatoms. The van der Waals surface area contributed by atoms with Crippen molar-refractivity contribution in [3.05, 3.63) is 53.3 Å². The first-order chi connectivity index (χ1) is 14.1. The first kappa shape index (κ1) is 20.6. The van der Waals surface area contributed by atoms with Gasteiger partial charge in [0.1, 0.15) is 18.0 Å². The number of rotatable bonds is 8. The molecule has 29 heavy (non-hydrogen) atoms. The van der Waals surface area contributed by atoms with Gasteiger partial charge in [-0.1, -0.05) is 23.5 Å². The van der Waals surface area contributed by atoms with Gasteiger partial charge in [0.15, 0.2) is 11.4 Å². The Morgan fingerprint density at radius 2 is 1.66 bits per heavy atom. The molecule has 0 atom stereocenters. The molecule has 0 bridgehead atoms. The summed E-state index contributed by atoms with van der Waals surface area (Å²) in [4.78, 5) is 28.9.